The van der Waals surface area contributed by atoms with E-state index in [1.165, 1.54) is 0 Å². The number of aromatic hydroxyl groups is 1. The van der Waals surface area contributed by atoms with Crippen LogP contribution in [-0.4, -0.2) is 38.2 Å². The summed E-state index contributed by atoms with van der Waals surface area (Å²) in [6, 6.07) is 4.97. The van der Waals surface area contributed by atoms with Crippen LogP contribution in [0.1, 0.15) is 24.9 Å². The van der Waals surface area contributed by atoms with Gasteiger partial charge >= 0.3 is 0 Å². The van der Waals surface area contributed by atoms with Gasteiger partial charge < -0.3 is 15.2 Å². The number of rotatable bonds is 4. The van der Waals surface area contributed by atoms with Crippen LogP contribution in [0, 0.1) is 0 Å². The maximum Gasteiger partial charge on any atom is 0.151 e. The summed E-state index contributed by atoms with van der Waals surface area (Å²) < 4.78 is 27.8. The normalized spacial score (nSPS) is 23.2. The van der Waals surface area contributed by atoms with Crippen LogP contribution in [0.25, 0.3) is 0 Å². The van der Waals surface area contributed by atoms with E-state index in [1.54, 1.807) is 25.3 Å². The minimum absolute atomic E-state index is 0.0403. The fourth-order valence-electron chi connectivity index (χ4n) is 2.39. The summed E-state index contributed by atoms with van der Waals surface area (Å²) in [7, 11) is -1.35. The van der Waals surface area contributed by atoms with E-state index in [9.17, 15) is 13.5 Å². The first kappa shape index (κ1) is 14.1. The van der Waals surface area contributed by atoms with E-state index in [-0.39, 0.29) is 29.3 Å². The number of methoxy groups -OCH3 is 1. The second-order valence-corrected chi connectivity index (χ2v) is 7.14. The fraction of sp³-hybridized carbons (Fsp3) is 0.538. The predicted octanol–water partition coefficient (Wildman–Crippen LogP) is 1.24. The average molecular weight is 285 g/mol. The third-order valence-electron chi connectivity index (χ3n) is 3.42. The Labute approximate surface area is 113 Å². The van der Waals surface area contributed by atoms with Crippen molar-refractivity contribution in [1.29, 1.82) is 0 Å². The summed E-state index contributed by atoms with van der Waals surface area (Å²) in [6.45, 7) is 1.91. The zero-order valence-corrected chi connectivity index (χ0v) is 11.9. The monoisotopic (exact) mass is 285 g/mol. The number of benzene rings is 1. The van der Waals surface area contributed by atoms with Crippen LogP contribution >= 0.6 is 0 Å². The average Bonchev–Trinajstić information content (AvgIpc) is 2.68. The van der Waals surface area contributed by atoms with E-state index in [0.29, 0.717) is 12.2 Å². The van der Waals surface area contributed by atoms with Crippen molar-refractivity contribution in [2.75, 3.05) is 18.6 Å². The molecule has 1 aliphatic heterocycles. The maximum atomic E-state index is 11.4. The van der Waals surface area contributed by atoms with Gasteiger partial charge in [-0.15, -0.1) is 0 Å². The molecule has 0 spiro atoms. The Bertz CT molecular complexity index is 556. The lowest BCUT2D eigenvalue weighted by Crippen LogP contribution is -2.32. The van der Waals surface area contributed by atoms with Gasteiger partial charge in [-0.1, -0.05) is 6.07 Å². The molecule has 0 aliphatic carbocycles. The standard InChI is InChI=1S/C13H19NO4S/c1-9(14-10-5-6-19(16,17)8-10)12-4-3-11(18-2)7-13(12)15/h3-4,7,9-10,14-15H,5-6,8H2,1-2H3. The molecule has 0 amide bonds. The molecule has 5 nitrogen and oxygen atoms in total. The van der Waals surface area contributed by atoms with Gasteiger partial charge in [0.25, 0.3) is 0 Å². The Hall–Kier alpha value is -1.27. The van der Waals surface area contributed by atoms with Gasteiger partial charge in [0.1, 0.15) is 11.5 Å². The van der Waals surface area contributed by atoms with Crippen molar-refractivity contribution >= 4 is 9.84 Å². The van der Waals surface area contributed by atoms with E-state index in [0.717, 1.165) is 5.56 Å². The lowest BCUT2D eigenvalue weighted by Gasteiger charge is -2.20. The molecule has 0 saturated carbocycles. The molecular weight excluding hydrogens is 266 g/mol. The van der Waals surface area contributed by atoms with Gasteiger partial charge in [-0.3, -0.25) is 0 Å². The number of ether oxygens (including phenoxy) is 1. The van der Waals surface area contributed by atoms with Crippen LogP contribution < -0.4 is 10.1 Å². The molecule has 2 unspecified atom stereocenters. The molecule has 19 heavy (non-hydrogen) atoms. The molecule has 1 fully saturated rings. The number of phenols is 1. The van der Waals surface area contributed by atoms with Crippen LogP contribution in [0.4, 0.5) is 0 Å². The molecule has 1 saturated heterocycles. The summed E-state index contributed by atoms with van der Waals surface area (Å²) in [5.74, 6) is 1.16. The molecule has 1 aliphatic rings. The van der Waals surface area contributed by atoms with Crippen molar-refractivity contribution in [2.24, 2.45) is 0 Å². The van der Waals surface area contributed by atoms with Crippen molar-refractivity contribution in [1.82, 2.24) is 5.32 Å². The van der Waals surface area contributed by atoms with E-state index in [2.05, 4.69) is 5.32 Å². The molecule has 2 rings (SSSR count). The van der Waals surface area contributed by atoms with Crippen molar-refractivity contribution < 1.29 is 18.3 Å². The van der Waals surface area contributed by atoms with Crippen molar-refractivity contribution in [3.63, 3.8) is 0 Å². The summed E-state index contributed by atoms with van der Waals surface area (Å²) in [4.78, 5) is 0. The van der Waals surface area contributed by atoms with E-state index < -0.39 is 9.84 Å². The highest BCUT2D eigenvalue weighted by atomic mass is 32.2. The first-order chi connectivity index (χ1) is 8.91. The highest BCUT2D eigenvalue weighted by Gasteiger charge is 2.29. The zero-order chi connectivity index (χ0) is 14.0. The molecule has 2 N–H and O–H groups in total. The number of phenolic OH excluding ortho intramolecular Hbond substituents is 1. The highest BCUT2D eigenvalue weighted by Crippen LogP contribution is 2.29. The van der Waals surface area contributed by atoms with Gasteiger partial charge in [-0.05, 0) is 19.4 Å². The van der Waals surface area contributed by atoms with Gasteiger partial charge in [0.05, 0.1) is 18.6 Å². The first-order valence-electron chi connectivity index (χ1n) is 6.24. The third-order valence-corrected chi connectivity index (χ3v) is 5.19. The Kier molecular flexibility index (Phi) is 4.01. The lowest BCUT2D eigenvalue weighted by molar-refractivity contribution is 0.401. The summed E-state index contributed by atoms with van der Waals surface area (Å²) in [6.07, 6.45) is 0.629. The van der Waals surface area contributed by atoms with Crippen LogP contribution in [0.2, 0.25) is 0 Å². The van der Waals surface area contributed by atoms with Crippen LogP contribution in [0.3, 0.4) is 0 Å². The van der Waals surface area contributed by atoms with Crippen LogP contribution in [0.15, 0.2) is 18.2 Å². The third kappa shape index (κ3) is 3.39. The summed E-state index contributed by atoms with van der Waals surface area (Å²) >= 11 is 0. The minimum Gasteiger partial charge on any atom is -0.507 e. The van der Waals surface area contributed by atoms with Gasteiger partial charge in [-0.25, -0.2) is 8.42 Å². The van der Waals surface area contributed by atoms with E-state index in [4.69, 9.17) is 4.74 Å². The van der Waals surface area contributed by atoms with Crippen molar-refractivity contribution in [2.45, 2.75) is 25.4 Å². The quantitative estimate of drug-likeness (QED) is 0.870. The molecule has 0 bridgehead atoms. The lowest BCUT2D eigenvalue weighted by atomic mass is 10.1. The van der Waals surface area contributed by atoms with Gasteiger partial charge in [0.15, 0.2) is 9.84 Å². The molecule has 106 valence electrons. The second kappa shape index (κ2) is 5.38. The van der Waals surface area contributed by atoms with Gasteiger partial charge in [0.2, 0.25) is 0 Å². The molecule has 1 aromatic carbocycles. The maximum absolute atomic E-state index is 11.4. The first-order valence-corrected chi connectivity index (χ1v) is 8.07. The van der Waals surface area contributed by atoms with Crippen LogP contribution in [0.5, 0.6) is 11.5 Å². The van der Waals surface area contributed by atoms with Crippen molar-refractivity contribution in [3.8, 4) is 11.5 Å². The SMILES string of the molecule is COc1ccc(C(C)NC2CCS(=O)(=O)C2)c(O)c1. The molecule has 2 atom stereocenters. The van der Waals surface area contributed by atoms with Crippen molar-refractivity contribution in [3.05, 3.63) is 23.8 Å². The smallest absolute Gasteiger partial charge is 0.151 e. The molecule has 1 heterocycles. The summed E-state index contributed by atoms with van der Waals surface area (Å²) in [5, 5.41) is 13.2. The minimum atomic E-state index is -2.89. The number of sulfone groups is 1. The Balaban J connectivity index is 2.06. The Morgan fingerprint density at radius 3 is 2.74 bits per heavy atom. The van der Waals surface area contributed by atoms with E-state index in [1.807, 2.05) is 6.92 Å². The molecule has 0 radical (unpaired) electrons. The van der Waals surface area contributed by atoms with Gasteiger partial charge in [0, 0.05) is 23.7 Å². The highest BCUT2D eigenvalue weighted by molar-refractivity contribution is 7.91. The zero-order valence-electron chi connectivity index (χ0n) is 11.1. The predicted molar refractivity (Wildman–Crippen MR) is 73.3 cm³/mol. The Morgan fingerprint density at radius 2 is 2.21 bits per heavy atom. The fourth-order valence-corrected chi connectivity index (χ4v) is 4.07. The molecule has 1 aromatic rings. The summed E-state index contributed by atoms with van der Waals surface area (Å²) in [5.41, 5.74) is 0.741. The topological polar surface area (TPSA) is 75.6 Å². The largest absolute Gasteiger partial charge is 0.507 e. The van der Waals surface area contributed by atoms with Gasteiger partial charge in [-0.2, -0.15) is 0 Å². The Morgan fingerprint density at radius 1 is 1.47 bits per heavy atom. The molecule has 0 aromatic heterocycles. The number of nitrogens with one attached hydrogen (secondary N) is 1. The number of hydrogen-bond acceptors (Lipinski definition) is 5. The van der Waals surface area contributed by atoms with E-state index >= 15 is 0 Å². The molecule has 6 heteroatoms. The second-order valence-electron chi connectivity index (χ2n) is 4.91. The number of hydrogen-bond donors (Lipinski definition) is 2. The molecular formula is C13H19NO4S. The van der Waals surface area contributed by atoms with Crippen LogP contribution in [-0.2, 0) is 9.84 Å².